The summed E-state index contributed by atoms with van der Waals surface area (Å²) in [6, 6.07) is 22.3. The number of rotatable bonds is 20. The molecule has 0 aliphatic carbocycles. The summed E-state index contributed by atoms with van der Waals surface area (Å²) in [7, 11) is 1.68. The lowest BCUT2D eigenvalue weighted by atomic mass is 10.1. The Bertz CT molecular complexity index is 1190. The van der Waals surface area contributed by atoms with Crippen molar-refractivity contribution in [2.45, 2.75) is 97.7 Å². The first-order chi connectivity index (χ1) is 20.5. The molecule has 6 heteroatoms. The quantitative estimate of drug-likeness (QED) is 0.129. The second kappa shape index (κ2) is 18.8. The number of nitrogens with zero attached hydrogens (tertiary/aromatic N) is 3. The highest BCUT2D eigenvalue weighted by atomic mass is 16.5. The predicted octanol–water partition coefficient (Wildman–Crippen LogP) is 7.84. The molecule has 2 aromatic carbocycles. The lowest BCUT2D eigenvalue weighted by Gasteiger charge is -2.28. The van der Waals surface area contributed by atoms with E-state index < -0.39 is 0 Å². The summed E-state index contributed by atoms with van der Waals surface area (Å²) in [5, 5.41) is 0. The van der Waals surface area contributed by atoms with Crippen LogP contribution in [0, 0.1) is 0 Å². The van der Waals surface area contributed by atoms with Crippen LogP contribution in [-0.2, 0) is 29.2 Å². The number of carbonyl (C=O) groups excluding carboxylic acids is 2. The van der Waals surface area contributed by atoms with E-state index in [-0.39, 0.29) is 18.4 Å². The van der Waals surface area contributed by atoms with Crippen LogP contribution in [0.1, 0.15) is 94.9 Å². The molecule has 0 spiro atoms. The summed E-state index contributed by atoms with van der Waals surface area (Å²) < 4.78 is 7.59. The molecule has 2 amide bonds. The molecule has 1 aromatic heterocycles. The van der Waals surface area contributed by atoms with Crippen molar-refractivity contribution in [3.05, 3.63) is 89.7 Å². The Balaban J connectivity index is 1.73. The third kappa shape index (κ3) is 11.4. The van der Waals surface area contributed by atoms with Gasteiger partial charge in [0, 0.05) is 37.9 Å². The molecule has 3 rings (SSSR count). The number of aromatic nitrogens is 1. The summed E-state index contributed by atoms with van der Waals surface area (Å²) in [5.74, 6) is 0.924. The molecule has 0 fully saturated rings. The fourth-order valence-electron chi connectivity index (χ4n) is 5.27. The molecule has 228 valence electrons. The van der Waals surface area contributed by atoms with Crippen molar-refractivity contribution >= 4 is 11.8 Å². The number of benzene rings is 2. The molecule has 42 heavy (non-hydrogen) atoms. The zero-order valence-electron chi connectivity index (χ0n) is 26.1. The van der Waals surface area contributed by atoms with E-state index in [0.717, 1.165) is 54.7 Å². The summed E-state index contributed by atoms with van der Waals surface area (Å²) in [5.41, 5.74) is 3.26. The van der Waals surface area contributed by atoms with Crippen molar-refractivity contribution in [3.8, 4) is 5.75 Å². The first-order valence-electron chi connectivity index (χ1n) is 15.9. The van der Waals surface area contributed by atoms with E-state index in [1.807, 2.05) is 52.3 Å². The Labute approximate surface area is 253 Å². The maximum absolute atomic E-state index is 13.9. The average molecular weight is 574 g/mol. The Hall–Kier alpha value is -3.54. The molecular formula is C36H51N3O3. The van der Waals surface area contributed by atoms with Gasteiger partial charge in [0.2, 0.25) is 11.8 Å². The normalized spacial score (nSPS) is 10.9. The highest BCUT2D eigenvalue weighted by Gasteiger charge is 2.22. The van der Waals surface area contributed by atoms with Crippen molar-refractivity contribution in [2.75, 3.05) is 20.2 Å². The number of ether oxygens (including phenoxy) is 1. The van der Waals surface area contributed by atoms with E-state index in [9.17, 15) is 9.59 Å². The van der Waals surface area contributed by atoms with Crippen molar-refractivity contribution in [2.24, 2.45) is 0 Å². The number of hydrogen-bond donors (Lipinski definition) is 0. The molecule has 1 heterocycles. The van der Waals surface area contributed by atoms with Crippen LogP contribution in [0.15, 0.2) is 72.9 Å². The molecule has 3 aromatic rings. The van der Waals surface area contributed by atoms with Crippen LogP contribution in [0.3, 0.4) is 0 Å². The van der Waals surface area contributed by atoms with Gasteiger partial charge in [0.05, 0.1) is 20.2 Å². The zero-order chi connectivity index (χ0) is 30.0. The van der Waals surface area contributed by atoms with Gasteiger partial charge in [-0.3, -0.25) is 9.59 Å². The lowest BCUT2D eigenvalue weighted by molar-refractivity contribution is -0.141. The number of amides is 2. The lowest BCUT2D eigenvalue weighted by Crippen LogP contribution is -2.43. The van der Waals surface area contributed by atoms with E-state index in [1.165, 1.54) is 25.7 Å². The first kappa shape index (κ1) is 33.0. The van der Waals surface area contributed by atoms with Crippen LogP contribution in [-0.4, -0.2) is 46.4 Å². The van der Waals surface area contributed by atoms with Gasteiger partial charge < -0.3 is 19.1 Å². The molecule has 0 radical (unpaired) electrons. The second-order valence-electron chi connectivity index (χ2n) is 11.3. The van der Waals surface area contributed by atoms with Crippen molar-refractivity contribution < 1.29 is 14.3 Å². The SMILES string of the molecule is CCCCCCCCC(=O)N(CCCCC)CC(=O)N(Cc1ccccc1)Cc1cccn1Cc1cccc(OC)c1. The van der Waals surface area contributed by atoms with Crippen molar-refractivity contribution in [3.63, 3.8) is 0 Å². The van der Waals surface area contributed by atoms with Crippen LogP contribution in [0.5, 0.6) is 5.75 Å². The largest absolute Gasteiger partial charge is 0.497 e. The van der Waals surface area contributed by atoms with Crippen molar-refractivity contribution in [1.29, 1.82) is 0 Å². The van der Waals surface area contributed by atoms with Crippen LogP contribution < -0.4 is 4.74 Å². The van der Waals surface area contributed by atoms with Crippen LogP contribution >= 0.6 is 0 Å². The predicted molar refractivity (Wildman–Crippen MR) is 171 cm³/mol. The molecule has 0 aliphatic heterocycles. The first-order valence-corrected chi connectivity index (χ1v) is 15.9. The Morgan fingerprint density at radius 2 is 1.43 bits per heavy atom. The molecule has 6 nitrogen and oxygen atoms in total. The highest BCUT2D eigenvalue weighted by Crippen LogP contribution is 2.18. The van der Waals surface area contributed by atoms with E-state index in [1.54, 1.807) is 7.11 Å². The maximum Gasteiger partial charge on any atom is 0.242 e. The molecule has 0 unspecified atom stereocenters. The number of methoxy groups -OCH3 is 1. The monoisotopic (exact) mass is 573 g/mol. The molecule has 0 atom stereocenters. The topological polar surface area (TPSA) is 54.8 Å². The van der Waals surface area contributed by atoms with Gasteiger partial charge in [0.15, 0.2) is 0 Å². The fraction of sp³-hybridized carbons (Fsp3) is 0.500. The Morgan fingerprint density at radius 3 is 2.19 bits per heavy atom. The Morgan fingerprint density at radius 1 is 0.714 bits per heavy atom. The molecular weight excluding hydrogens is 522 g/mol. The molecule has 0 N–H and O–H groups in total. The number of unbranched alkanes of at least 4 members (excludes halogenated alkanes) is 7. The minimum absolute atomic E-state index is 0.0132. The fourth-order valence-corrected chi connectivity index (χ4v) is 5.27. The van der Waals surface area contributed by atoms with Gasteiger partial charge in [0.25, 0.3) is 0 Å². The van der Waals surface area contributed by atoms with Gasteiger partial charge in [0.1, 0.15) is 5.75 Å². The molecule has 0 bridgehead atoms. The van der Waals surface area contributed by atoms with Crippen molar-refractivity contribution in [1.82, 2.24) is 14.4 Å². The minimum Gasteiger partial charge on any atom is -0.497 e. The summed E-state index contributed by atoms with van der Waals surface area (Å²) in [6.07, 6.45) is 12.5. The zero-order valence-corrected chi connectivity index (χ0v) is 26.1. The third-order valence-electron chi connectivity index (χ3n) is 7.79. The minimum atomic E-state index is -0.0132. The van der Waals surface area contributed by atoms with Gasteiger partial charge >= 0.3 is 0 Å². The highest BCUT2D eigenvalue weighted by molar-refractivity contribution is 5.84. The maximum atomic E-state index is 13.9. The van der Waals surface area contributed by atoms with Gasteiger partial charge in [-0.25, -0.2) is 0 Å². The van der Waals surface area contributed by atoms with Gasteiger partial charge in [-0.15, -0.1) is 0 Å². The van der Waals surface area contributed by atoms with E-state index in [4.69, 9.17) is 4.74 Å². The summed E-state index contributed by atoms with van der Waals surface area (Å²) in [6.45, 7) is 6.80. The van der Waals surface area contributed by atoms with Crippen LogP contribution in [0.4, 0.5) is 0 Å². The third-order valence-corrected chi connectivity index (χ3v) is 7.79. The van der Waals surface area contributed by atoms with Gasteiger partial charge in [-0.05, 0) is 48.2 Å². The van der Waals surface area contributed by atoms with E-state index >= 15 is 0 Å². The number of hydrogen-bond acceptors (Lipinski definition) is 3. The summed E-state index contributed by atoms with van der Waals surface area (Å²) in [4.78, 5) is 31.0. The van der Waals surface area contributed by atoms with Gasteiger partial charge in [-0.2, -0.15) is 0 Å². The Kier molecular flexibility index (Phi) is 14.8. The standard InChI is InChI=1S/C36H51N3O3/c1-4-6-8-9-10-14-23-35(40)38(24-15-7-5-2)30-36(41)39(27-31-18-12-11-13-19-31)29-33-21-17-25-37(33)28-32-20-16-22-34(26-32)42-3/h11-13,16-22,25-26H,4-10,14-15,23-24,27-30H2,1-3H3. The van der Waals surface area contributed by atoms with E-state index in [0.29, 0.717) is 32.6 Å². The summed E-state index contributed by atoms with van der Waals surface area (Å²) >= 11 is 0. The second-order valence-corrected chi connectivity index (χ2v) is 11.3. The van der Waals surface area contributed by atoms with E-state index in [2.05, 4.69) is 48.9 Å². The molecule has 0 saturated carbocycles. The van der Waals surface area contributed by atoms with Gasteiger partial charge in [-0.1, -0.05) is 101 Å². The molecule has 0 aliphatic rings. The smallest absolute Gasteiger partial charge is 0.242 e. The van der Waals surface area contributed by atoms with Crippen LogP contribution in [0.25, 0.3) is 0 Å². The van der Waals surface area contributed by atoms with Crippen LogP contribution in [0.2, 0.25) is 0 Å². The average Bonchev–Trinajstić information content (AvgIpc) is 3.44. The number of carbonyl (C=O) groups is 2. The molecule has 0 saturated heterocycles.